The molecule has 3 aromatic rings. The molecule has 0 aliphatic carbocycles. The average Bonchev–Trinajstić information content (AvgIpc) is 2.49. The second-order valence-corrected chi connectivity index (χ2v) is 5.02. The van der Waals surface area contributed by atoms with Crippen molar-refractivity contribution in [3.63, 3.8) is 0 Å². The Kier molecular flexibility index (Phi) is 3.38. The molecule has 2 aromatic carbocycles. The monoisotopic (exact) mass is 286 g/mol. The van der Waals surface area contributed by atoms with Gasteiger partial charge in [-0.25, -0.2) is 4.39 Å². The molecule has 0 saturated heterocycles. The number of benzene rings is 2. The van der Waals surface area contributed by atoms with Crippen molar-refractivity contribution in [2.24, 2.45) is 5.73 Å². The molecule has 0 fully saturated rings. The van der Waals surface area contributed by atoms with Gasteiger partial charge in [0.05, 0.1) is 16.6 Å². The highest BCUT2D eigenvalue weighted by atomic mass is 35.5. The molecule has 1 heterocycles. The molecule has 20 heavy (non-hydrogen) atoms. The molecule has 100 valence electrons. The highest BCUT2D eigenvalue weighted by Gasteiger charge is 2.12. The Labute approximate surface area is 121 Å². The minimum absolute atomic E-state index is 0.0950. The van der Waals surface area contributed by atoms with Crippen molar-refractivity contribution in [1.29, 1.82) is 0 Å². The number of nitrogens with two attached hydrogens (primary N) is 1. The second kappa shape index (κ2) is 5.19. The van der Waals surface area contributed by atoms with Gasteiger partial charge in [-0.15, -0.1) is 0 Å². The molecule has 0 aliphatic rings. The Hall–Kier alpha value is -1.97. The zero-order chi connectivity index (χ0) is 14.1. The molecule has 0 bridgehead atoms. The van der Waals surface area contributed by atoms with Crippen LogP contribution in [0.4, 0.5) is 4.39 Å². The Bertz CT molecular complexity index is 773. The van der Waals surface area contributed by atoms with Gasteiger partial charge in [-0.3, -0.25) is 4.98 Å². The van der Waals surface area contributed by atoms with Gasteiger partial charge in [0.2, 0.25) is 0 Å². The number of para-hydroxylation sites is 1. The number of aromatic nitrogens is 1. The first-order valence-electron chi connectivity index (χ1n) is 6.20. The minimum atomic E-state index is -0.464. The average molecular weight is 287 g/mol. The number of nitrogens with zero attached hydrogens (tertiary/aromatic N) is 1. The first-order chi connectivity index (χ1) is 9.65. The van der Waals surface area contributed by atoms with Gasteiger partial charge in [-0.2, -0.15) is 0 Å². The maximum Gasteiger partial charge on any atom is 0.142 e. The van der Waals surface area contributed by atoms with Crippen LogP contribution in [0.1, 0.15) is 17.2 Å². The third-order valence-corrected chi connectivity index (χ3v) is 3.58. The number of hydrogen-bond acceptors (Lipinski definition) is 2. The predicted molar refractivity (Wildman–Crippen MR) is 79.2 cm³/mol. The van der Waals surface area contributed by atoms with E-state index in [-0.39, 0.29) is 5.02 Å². The number of pyridine rings is 1. The maximum absolute atomic E-state index is 13.5. The topological polar surface area (TPSA) is 38.9 Å². The zero-order valence-corrected chi connectivity index (χ0v) is 11.3. The lowest BCUT2D eigenvalue weighted by Gasteiger charge is -2.13. The quantitative estimate of drug-likeness (QED) is 0.771. The van der Waals surface area contributed by atoms with Crippen LogP contribution >= 0.6 is 11.6 Å². The van der Waals surface area contributed by atoms with Gasteiger partial charge < -0.3 is 5.73 Å². The van der Waals surface area contributed by atoms with Crippen LogP contribution in [0.3, 0.4) is 0 Å². The van der Waals surface area contributed by atoms with Crippen molar-refractivity contribution in [1.82, 2.24) is 4.98 Å². The van der Waals surface area contributed by atoms with Crippen molar-refractivity contribution < 1.29 is 4.39 Å². The zero-order valence-electron chi connectivity index (χ0n) is 10.6. The van der Waals surface area contributed by atoms with Gasteiger partial charge in [0, 0.05) is 11.6 Å². The van der Waals surface area contributed by atoms with Gasteiger partial charge in [0.1, 0.15) is 5.82 Å². The van der Waals surface area contributed by atoms with E-state index >= 15 is 0 Å². The van der Waals surface area contributed by atoms with Crippen LogP contribution in [-0.2, 0) is 0 Å². The Balaban J connectivity index is 2.02. The molecule has 3 rings (SSSR count). The SMILES string of the molecule is NC(c1ccc(Cl)c(F)c1)c1cnc2ccccc2c1. The number of halogens is 2. The van der Waals surface area contributed by atoms with E-state index in [1.54, 1.807) is 12.3 Å². The molecule has 0 spiro atoms. The maximum atomic E-state index is 13.5. The van der Waals surface area contributed by atoms with E-state index < -0.39 is 11.9 Å². The van der Waals surface area contributed by atoms with Crippen molar-refractivity contribution >= 4 is 22.5 Å². The molecular formula is C16H12ClFN2. The van der Waals surface area contributed by atoms with Crippen molar-refractivity contribution in [2.75, 3.05) is 0 Å². The first kappa shape index (κ1) is 13.0. The van der Waals surface area contributed by atoms with Gasteiger partial charge in [-0.1, -0.05) is 35.9 Å². The Morgan fingerprint density at radius 2 is 1.85 bits per heavy atom. The second-order valence-electron chi connectivity index (χ2n) is 4.61. The summed E-state index contributed by atoms with van der Waals surface area (Å²) in [6, 6.07) is 13.9. The molecule has 1 aromatic heterocycles. The summed E-state index contributed by atoms with van der Waals surface area (Å²) in [5.74, 6) is -0.464. The van der Waals surface area contributed by atoms with Crippen LogP contribution in [0.2, 0.25) is 5.02 Å². The third kappa shape index (κ3) is 2.38. The summed E-state index contributed by atoms with van der Waals surface area (Å²) in [7, 11) is 0. The summed E-state index contributed by atoms with van der Waals surface area (Å²) >= 11 is 5.68. The van der Waals surface area contributed by atoms with Gasteiger partial charge in [-0.05, 0) is 35.4 Å². The van der Waals surface area contributed by atoms with E-state index in [0.717, 1.165) is 16.5 Å². The number of hydrogen-bond donors (Lipinski definition) is 1. The number of fused-ring (bicyclic) bond motifs is 1. The van der Waals surface area contributed by atoms with E-state index in [1.807, 2.05) is 30.3 Å². The molecule has 1 atom stereocenters. The predicted octanol–water partition coefficient (Wildman–Crippen LogP) is 4.08. The fraction of sp³-hybridized carbons (Fsp3) is 0.0625. The van der Waals surface area contributed by atoms with E-state index in [1.165, 1.54) is 12.1 Å². The van der Waals surface area contributed by atoms with E-state index in [9.17, 15) is 4.39 Å². The lowest BCUT2D eigenvalue weighted by atomic mass is 10.00. The van der Waals surface area contributed by atoms with Crippen LogP contribution in [0.5, 0.6) is 0 Å². The van der Waals surface area contributed by atoms with Crippen LogP contribution < -0.4 is 5.73 Å². The van der Waals surface area contributed by atoms with E-state index in [0.29, 0.717) is 5.56 Å². The normalized spacial score (nSPS) is 12.6. The van der Waals surface area contributed by atoms with Crippen LogP contribution in [0, 0.1) is 5.82 Å². The van der Waals surface area contributed by atoms with Crippen molar-refractivity contribution in [3.8, 4) is 0 Å². The van der Waals surface area contributed by atoms with Gasteiger partial charge >= 0.3 is 0 Å². The molecule has 2 N–H and O–H groups in total. The van der Waals surface area contributed by atoms with Crippen LogP contribution in [0.25, 0.3) is 10.9 Å². The first-order valence-corrected chi connectivity index (χ1v) is 6.58. The van der Waals surface area contributed by atoms with Gasteiger partial charge in [0.25, 0.3) is 0 Å². The van der Waals surface area contributed by atoms with Crippen LogP contribution in [0.15, 0.2) is 54.7 Å². The summed E-state index contributed by atoms with van der Waals surface area (Å²) in [6.45, 7) is 0. The molecule has 0 saturated carbocycles. The van der Waals surface area contributed by atoms with E-state index in [4.69, 9.17) is 17.3 Å². The Morgan fingerprint density at radius 3 is 2.65 bits per heavy atom. The fourth-order valence-corrected chi connectivity index (χ4v) is 2.27. The largest absolute Gasteiger partial charge is 0.320 e. The van der Waals surface area contributed by atoms with Gasteiger partial charge in [0.15, 0.2) is 0 Å². The van der Waals surface area contributed by atoms with E-state index in [2.05, 4.69) is 4.98 Å². The Morgan fingerprint density at radius 1 is 1.05 bits per heavy atom. The molecule has 4 heteroatoms. The molecule has 0 aliphatic heterocycles. The minimum Gasteiger partial charge on any atom is -0.320 e. The molecule has 0 radical (unpaired) electrons. The number of rotatable bonds is 2. The lowest BCUT2D eigenvalue weighted by molar-refractivity contribution is 0.624. The smallest absolute Gasteiger partial charge is 0.142 e. The summed E-state index contributed by atoms with van der Waals surface area (Å²) < 4.78 is 13.5. The molecule has 0 amide bonds. The third-order valence-electron chi connectivity index (χ3n) is 3.27. The standard InChI is InChI=1S/C16H12ClFN2/c17-13-6-5-11(8-14(13)18)16(19)12-7-10-3-1-2-4-15(10)20-9-12/h1-9,16H,19H2. The van der Waals surface area contributed by atoms with Crippen LogP contribution in [-0.4, -0.2) is 4.98 Å². The highest BCUT2D eigenvalue weighted by molar-refractivity contribution is 6.30. The molecule has 1 unspecified atom stereocenters. The summed E-state index contributed by atoms with van der Waals surface area (Å²) in [4.78, 5) is 4.37. The summed E-state index contributed by atoms with van der Waals surface area (Å²) in [5.41, 5.74) is 8.59. The molecule has 2 nitrogen and oxygen atoms in total. The van der Waals surface area contributed by atoms with Crippen molar-refractivity contribution in [3.05, 3.63) is 76.7 Å². The lowest BCUT2D eigenvalue weighted by Crippen LogP contribution is -2.12. The summed E-state index contributed by atoms with van der Waals surface area (Å²) in [6.07, 6.45) is 1.72. The highest BCUT2D eigenvalue weighted by Crippen LogP contribution is 2.25. The fourth-order valence-electron chi connectivity index (χ4n) is 2.16. The molecular weight excluding hydrogens is 275 g/mol. The summed E-state index contributed by atoms with van der Waals surface area (Å²) in [5, 5.41) is 1.10. The van der Waals surface area contributed by atoms with Crippen molar-refractivity contribution in [2.45, 2.75) is 6.04 Å².